The molecule has 1 fully saturated rings. The van der Waals surface area contributed by atoms with Crippen LogP contribution in [-0.4, -0.2) is 51.3 Å². The molecule has 2 atom stereocenters. The minimum Gasteiger partial charge on any atom is -0.479 e. The number of hydrogen-bond donors (Lipinski definition) is 1. The summed E-state index contributed by atoms with van der Waals surface area (Å²) in [6.07, 6.45) is 7.39. The molecule has 4 heterocycles. The van der Waals surface area contributed by atoms with E-state index < -0.39 is 0 Å². The quantitative estimate of drug-likeness (QED) is 0.560. The van der Waals surface area contributed by atoms with Gasteiger partial charge in [0.2, 0.25) is 5.88 Å². The second-order valence-corrected chi connectivity index (χ2v) is 9.41. The van der Waals surface area contributed by atoms with Gasteiger partial charge in [0, 0.05) is 25.1 Å². The molecule has 9 heteroatoms. The molecule has 0 aromatic carbocycles. The van der Waals surface area contributed by atoms with Gasteiger partial charge in [0.15, 0.2) is 22.9 Å². The molecule has 0 amide bonds. The van der Waals surface area contributed by atoms with Crippen LogP contribution in [0, 0.1) is 5.92 Å². The summed E-state index contributed by atoms with van der Waals surface area (Å²) in [4.78, 5) is 24.8. The lowest BCUT2D eigenvalue weighted by atomic mass is 9.83. The highest BCUT2D eigenvalue weighted by molar-refractivity contribution is 5.93. The van der Waals surface area contributed by atoms with Gasteiger partial charge in [0.1, 0.15) is 17.0 Å². The van der Waals surface area contributed by atoms with E-state index in [-0.39, 0.29) is 11.7 Å². The normalized spacial score (nSPS) is 20.8. The van der Waals surface area contributed by atoms with Crippen molar-refractivity contribution in [3.05, 3.63) is 11.3 Å². The Kier molecular flexibility index (Phi) is 6.03. The highest BCUT2D eigenvalue weighted by Crippen LogP contribution is 2.40. The van der Waals surface area contributed by atoms with Crippen LogP contribution in [0.15, 0.2) is 4.52 Å². The maximum atomic E-state index is 12.8. The number of unbranched alkanes of at least 4 members (excludes halogenated alkanes) is 1. The number of carbonyl (C=O) groups excluding carboxylic acids is 1. The third-order valence-electron chi connectivity index (χ3n) is 6.95. The summed E-state index contributed by atoms with van der Waals surface area (Å²) < 4.78 is 11.3. The summed E-state index contributed by atoms with van der Waals surface area (Å²) in [6.45, 7) is 6.21. The van der Waals surface area contributed by atoms with Crippen LogP contribution >= 0.6 is 0 Å². The first-order valence-corrected chi connectivity index (χ1v) is 12.2. The molecule has 33 heavy (non-hydrogen) atoms. The van der Waals surface area contributed by atoms with E-state index in [4.69, 9.17) is 19.2 Å². The molecule has 176 valence electrons. The zero-order chi connectivity index (χ0) is 22.9. The lowest BCUT2D eigenvalue weighted by Gasteiger charge is -2.32. The summed E-state index contributed by atoms with van der Waals surface area (Å²) in [5.74, 6) is 3.15. The number of rotatable bonds is 7. The monoisotopic (exact) mass is 452 g/mol. The molecule has 0 bridgehead atoms. The largest absolute Gasteiger partial charge is 0.479 e. The lowest BCUT2D eigenvalue weighted by molar-refractivity contribution is -0.121. The predicted molar refractivity (Wildman–Crippen MR) is 125 cm³/mol. The summed E-state index contributed by atoms with van der Waals surface area (Å²) >= 11 is 0. The number of piperidine rings is 1. The molecule has 1 aliphatic carbocycles. The van der Waals surface area contributed by atoms with Crippen molar-refractivity contribution in [3.63, 3.8) is 0 Å². The van der Waals surface area contributed by atoms with Crippen molar-refractivity contribution in [2.45, 2.75) is 71.1 Å². The molecule has 1 saturated heterocycles. The lowest BCUT2D eigenvalue weighted by Crippen LogP contribution is -2.35. The first-order chi connectivity index (χ1) is 16.1. The molecule has 0 saturated carbocycles. The predicted octanol–water partition coefficient (Wildman–Crippen LogP) is 4.43. The van der Waals surface area contributed by atoms with E-state index >= 15 is 0 Å². The van der Waals surface area contributed by atoms with Gasteiger partial charge in [-0.2, -0.15) is 0 Å². The van der Waals surface area contributed by atoms with Crippen molar-refractivity contribution < 1.29 is 14.1 Å². The van der Waals surface area contributed by atoms with Gasteiger partial charge in [-0.3, -0.25) is 9.89 Å². The van der Waals surface area contributed by atoms with E-state index in [0.29, 0.717) is 41.1 Å². The van der Waals surface area contributed by atoms with Crippen LogP contribution in [0.5, 0.6) is 5.88 Å². The Labute approximate surface area is 193 Å². The minimum atomic E-state index is -0.208. The van der Waals surface area contributed by atoms with E-state index in [9.17, 15) is 4.79 Å². The second-order valence-electron chi connectivity index (χ2n) is 9.41. The van der Waals surface area contributed by atoms with Crippen molar-refractivity contribution in [1.29, 1.82) is 0 Å². The Morgan fingerprint density at radius 1 is 1.27 bits per heavy atom. The first-order valence-electron chi connectivity index (χ1n) is 12.2. The van der Waals surface area contributed by atoms with Crippen LogP contribution in [0.3, 0.4) is 0 Å². The van der Waals surface area contributed by atoms with E-state index in [1.54, 1.807) is 7.11 Å². The molecule has 1 N–H and O–H groups in total. The minimum absolute atomic E-state index is 0.208. The molecular weight excluding hydrogens is 420 g/mol. The Morgan fingerprint density at radius 3 is 2.94 bits per heavy atom. The standard InChI is InChI=1S/C24H32N6O3/c1-4-5-11-17(31)15-9-6-10-16-19(29-33-20(15)16)22-25-21-18(24(32-3)28-27-21)23(26-22)30-12-7-8-14(2)13-30/h14-15H,4-13H2,1-3H3,(H,25,26,27,28). The summed E-state index contributed by atoms with van der Waals surface area (Å²) in [5.41, 5.74) is 2.23. The molecule has 2 unspecified atom stereocenters. The fourth-order valence-corrected chi connectivity index (χ4v) is 5.21. The van der Waals surface area contributed by atoms with Gasteiger partial charge in [0.25, 0.3) is 0 Å². The van der Waals surface area contributed by atoms with E-state index in [1.165, 1.54) is 6.42 Å². The molecular formula is C24H32N6O3. The maximum absolute atomic E-state index is 12.8. The molecule has 2 aliphatic rings. The van der Waals surface area contributed by atoms with Gasteiger partial charge in [-0.05, 0) is 44.4 Å². The van der Waals surface area contributed by atoms with Crippen LogP contribution in [0.2, 0.25) is 0 Å². The molecule has 1 aliphatic heterocycles. The number of Topliss-reactive ketones (excluding diaryl/α,β-unsaturated/α-hetero) is 1. The number of ether oxygens (including phenoxy) is 1. The van der Waals surface area contributed by atoms with Crippen molar-refractivity contribution in [2.24, 2.45) is 5.92 Å². The van der Waals surface area contributed by atoms with Crippen LogP contribution in [0.4, 0.5) is 5.82 Å². The van der Waals surface area contributed by atoms with E-state index in [1.807, 2.05) is 0 Å². The molecule has 3 aromatic heterocycles. The first kappa shape index (κ1) is 21.9. The van der Waals surface area contributed by atoms with Gasteiger partial charge < -0.3 is 14.2 Å². The topological polar surface area (TPSA) is 110 Å². The third-order valence-corrected chi connectivity index (χ3v) is 6.95. The highest BCUT2D eigenvalue weighted by atomic mass is 16.5. The molecule has 0 radical (unpaired) electrons. The van der Waals surface area contributed by atoms with Gasteiger partial charge >= 0.3 is 0 Å². The smallest absolute Gasteiger partial charge is 0.245 e. The number of hydrogen-bond acceptors (Lipinski definition) is 8. The number of anilines is 1. The summed E-state index contributed by atoms with van der Waals surface area (Å²) in [6, 6.07) is 0. The molecule has 3 aromatic rings. The van der Waals surface area contributed by atoms with Crippen molar-refractivity contribution >= 4 is 22.6 Å². The number of ketones is 1. The van der Waals surface area contributed by atoms with Gasteiger partial charge in [0.05, 0.1) is 13.0 Å². The Morgan fingerprint density at radius 2 is 2.15 bits per heavy atom. The Balaban J connectivity index is 1.57. The second kappa shape index (κ2) is 9.11. The maximum Gasteiger partial charge on any atom is 0.245 e. The van der Waals surface area contributed by atoms with Gasteiger partial charge in [-0.1, -0.05) is 25.4 Å². The van der Waals surface area contributed by atoms with Crippen LogP contribution < -0.4 is 9.64 Å². The van der Waals surface area contributed by atoms with Gasteiger partial charge in [-0.25, -0.2) is 9.97 Å². The fraction of sp³-hybridized carbons (Fsp3) is 0.625. The van der Waals surface area contributed by atoms with Crippen molar-refractivity contribution in [1.82, 2.24) is 25.3 Å². The molecule has 0 spiro atoms. The van der Waals surface area contributed by atoms with Crippen molar-refractivity contribution in [2.75, 3.05) is 25.1 Å². The highest BCUT2D eigenvalue weighted by Gasteiger charge is 2.34. The van der Waals surface area contributed by atoms with E-state index in [2.05, 4.69) is 34.1 Å². The van der Waals surface area contributed by atoms with Crippen LogP contribution in [0.25, 0.3) is 22.6 Å². The zero-order valence-electron chi connectivity index (χ0n) is 19.7. The number of methoxy groups -OCH3 is 1. The third kappa shape index (κ3) is 3.98. The Bertz CT molecular complexity index is 1150. The van der Waals surface area contributed by atoms with E-state index in [0.717, 1.165) is 68.4 Å². The fourth-order valence-electron chi connectivity index (χ4n) is 5.21. The number of aromatic nitrogens is 5. The number of H-pyrrole nitrogens is 1. The summed E-state index contributed by atoms with van der Waals surface area (Å²) in [7, 11) is 1.61. The van der Waals surface area contributed by atoms with Crippen LogP contribution in [-0.2, 0) is 11.2 Å². The number of fused-ring (bicyclic) bond motifs is 2. The molecule has 9 nitrogen and oxygen atoms in total. The zero-order valence-corrected chi connectivity index (χ0v) is 19.7. The average Bonchev–Trinajstić information content (AvgIpc) is 3.45. The number of nitrogens with one attached hydrogen (secondary N) is 1. The number of aromatic amines is 1. The summed E-state index contributed by atoms with van der Waals surface area (Å²) in [5, 5.41) is 12.5. The van der Waals surface area contributed by atoms with Gasteiger partial charge in [-0.15, -0.1) is 5.10 Å². The number of nitrogens with zero attached hydrogens (tertiary/aromatic N) is 5. The van der Waals surface area contributed by atoms with Crippen LogP contribution in [0.1, 0.15) is 76.0 Å². The average molecular weight is 453 g/mol. The molecule has 5 rings (SSSR count). The number of carbonyl (C=O) groups is 1. The van der Waals surface area contributed by atoms with Crippen molar-refractivity contribution in [3.8, 4) is 17.4 Å². The SMILES string of the molecule is CCCCC(=O)C1CCCc2c(-c3nc(N4CCCC(C)C4)c4c(OC)n[nH]c4n3)noc21. The Hall–Kier alpha value is -2.97.